The monoisotopic (exact) mass is 113 g/mol. The highest BCUT2D eigenvalue weighted by Crippen LogP contribution is 2.10. The van der Waals surface area contributed by atoms with Gasteiger partial charge < -0.3 is 10.3 Å². The predicted molar refractivity (Wildman–Crippen MR) is 28.0 cm³/mol. The van der Waals surface area contributed by atoms with E-state index >= 15 is 0 Å². The fourth-order valence-corrected chi connectivity index (χ4v) is 0.545. The van der Waals surface area contributed by atoms with Crippen LogP contribution in [0.3, 0.4) is 0 Å². The first-order chi connectivity index (χ1) is 3.70. The summed E-state index contributed by atoms with van der Waals surface area (Å²) in [6.07, 6.45) is 1.23. The van der Waals surface area contributed by atoms with Gasteiger partial charge in [0.25, 0.3) is 0 Å². The third-order valence-electron chi connectivity index (χ3n) is 0.973. The van der Waals surface area contributed by atoms with Crippen molar-refractivity contribution in [1.29, 1.82) is 0 Å². The summed E-state index contributed by atoms with van der Waals surface area (Å²) in [7, 11) is 0. The third kappa shape index (κ3) is 0.621. The van der Waals surface area contributed by atoms with Crippen LogP contribution in [-0.4, -0.2) is 15.0 Å². The lowest BCUT2D eigenvalue weighted by Crippen LogP contribution is -1.87. The van der Waals surface area contributed by atoms with E-state index in [0.717, 1.165) is 4.73 Å². The molecular weight excluding hydrogens is 106 g/mol. The first-order valence-electron chi connectivity index (χ1n) is 2.27. The van der Waals surface area contributed by atoms with Crippen LogP contribution in [0.15, 0.2) is 12.3 Å². The Kier molecular flexibility index (Phi) is 0.901. The molecular formula is C5H7NO2. The maximum Gasteiger partial charge on any atom is 0.137 e. The maximum absolute atomic E-state index is 8.70. The van der Waals surface area contributed by atoms with Gasteiger partial charge in [-0.2, -0.15) is 4.73 Å². The Morgan fingerprint density at radius 1 is 1.62 bits per heavy atom. The third-order valence-corrected chi connectivity index (χ3v) is 0.973. The van der Waals surface area contributed by atoms with Crippen molar-refractivity contribution in [3.63, 3.8) is 0 Å². The van der Waals surface area contributed by atoms with Crippen LogP contribution in [0.2, 0.25) is 0 Å². The van der Waals surface area contributed by atoms with Crippen LogP contribution < -0.4 is 0 Å². The number of hydrogen-bond acceptors (Lipinski definition) is 2. The lowest BCUT2D eigenvalue weighted by Gasteiger charge is -1.87. The molecule has 44 valence electrons. The summed E-state index contributed by atoms with van der Waals surface area (Å²) in [5.74, 6) is 0.0880. The Morgan fingerprint density at radius 3 is 2.38 bits per heavy atom. The smallest absolute Gasteiger partial charge is 0.137 e. The zero-order valence-corrected chi connectivity index (χ0v) is 4.50. The molecule has 0 spiro atoms. The number of aromatic nitrogens is 1. The van der Waals surface area contributed by atoms with E-state index in [1.54, 1.807) is 6.92 Å². The molecule has 1 heterocycles. The molecule has 2 N–H and O–H groups in total. The Labute approximate surface area is 46.8 Å². The average Bonchev–Trinajstić information content (AvgIpc) is 1.85. The standard InChI is InChI=1S/C5H7NO2/c1-4-2-5(7)3-6(4)8/h2-3,7-8H,1H3. The largest absolute Gasteiger partial charge is 0.506 e. The summed E-state index contributed by atoms with van der Waals surface area (Å²) >= 11 is 0. The van der Waals surface area contributed by atoms with E-state index in [2.05, 4.69) is 0 Å². The Hall–Kier alpha value is -1.12. The first-order valence-corrected chi connectivity index (χ1v) is 2.27. The second-order valence-electron chi connectivity index (χ2n) is 1.68. The van der Waals surface area contributed by atoms with E-state index in [1.807, 2.05) is 0 Å². The van der Waals surface area contributed by atoms with Crippen LogP contribution in [0, 0.1) is 6.92 Å². The molecule has 0 aliphatic carbocycles. The zero-order valence-electron chi connectivity index (χ0n) is 4.50. The minimum atomic E-state index is 0.0880. The maximum atomic E-state index is 8.70. The van der Waals surface area contributed by atoms with E-state index in [-0.39, 0.29) is 5.75 Å². The van der Waals surface area contributed by atoms with Crippen LogP contribution in [-0.2, 0) is 0 Å². The quantitative estimate of drug-likeness (QED) is 0.487. The second-order valence-corrected chi connectivity index (χ2v) is 1.68. The fraction of sp³-hybridized carbons (Fsp3) is 0.200. The van der Waals surface area contributed by atoms with Gasteiger partial charge in [-0.25, -0.2) is 0 Å². The van der Waals surface area contributed by atoms with Crippen molar-refractivity contribution < 1.29 is 10.3 Å². The van der Waals surface area contributed by atoms with E-state index in [9.17, 15) is 0 Å². The minimum absolute atomic E-state index is 0.0880. The van der Waals surface area contributed by atoms with Crippen molar-refractivity contribution in [1.82, 2.24) is 4.73 Å². The normalized spacial score (nSPS) is 9.62. The Balaban J connectivity index is 3.14. The summed E-state index contributed by atoms with van der Waals surface area (Å²) in [5, 5.41) is 17.3. The van der Waals surface area contributed by atoms with Gasteiger partial charge in [-0.05, 0) is 6.92 Å². The molecule has 1 aromatic heterocycles. The molecule has 8 heavy (non-hydrogen) atoms. The molecule has 3 nitrogen and oxygen atoms in total. The van der Waals surface area contributed by atoms with Crippen molar-refractivity contribution in [2.75, 3.05) is 0 Å². The average molecular weight is 113 g/mol. The predicted octanol–water partition coefficient (Wildman–Crippen LogP) is 0.739. The first kappa shape index (κ1) is 5.03. The van der Waals surface area contributed by atoms with Crippen molar-refractivity contribution >= 4 is 0 Å². The van der Waals surface area contributed by atoms with Crippen LogP contribution >= 0.6 is 0 Å². The van der Waals surface area contributed by atoms with Crippen molar-refractivity contribution in [3.05, 3.63) is 18.0 Å². The van der Waals surface area contributed by atoms with Gasteiger partial charge in [0, 0.05) is 6.07 Å². The van der Waals surface area contributed by atoms with Gasteiger partial charge >= 0.3 is 0 Å². The van der Waals surface area contributed by atoms with Crippen LogP contribution in [0.1, 0.15) is 5.69 Å². The second kappa shape index (κ2) is 1.43. The van der Waals surface area contributed by atoms with Gasteiger partial charge in [-0.1, -0.05) is 0 Å². The molecule has 1 aromatic rings. The summed E-state index contributed by atoms with van der Waals surface area (Å²) in [5.41, 5.74) is 0.627. The molecule has 0 bridgehead atoms. The van der Waals surface area contributed by atoms with Crippen LogP contribution in [0.25, 0.3) is 0 Å². The highest BCUT2D eigenvalue weighted by atomic mass is 16.5. The molecule has 0 saturated carbocycles. The summed E-state index contributed by atoms with van der Waals surface area (Å²) in [4.78, 5) is 0. The van der Waals surface area contributed by atoms with Gasteiger partial charge in [-0.3, -0.25) is 0 Å². The zero-order chi connectivity index (χ0) is 6.15. The summed E-state index contributed by atoms with van der Waals surface area (Å²) < 4.78 is 0.870. The molecule has 0 radical (unpaired) electrons. The lowest BCUT2D eigenvalue weighted by molar-refractivity contribution is 0.180. The minimum Gasteiger partial charge on any atom is -0.506 e. The molecule has 0 saturated heterocycles. The number of aromatic hydroxyl groups is 1. The van der Waals surface area contributed by atoms with Gasteiger partial charge in [0.1, 0.15) is 5.75 Å². The molecule has 0 amide bonds. The Morgan fingerprint density at radius 2 is 2.25 bits per heavy atom. The molecule has 0 aliphatic heterocycles. The molecule has 1 rings (SSSR count). The molecule has 0 fully saturated rings. The highest BCUT2D eigenvalue weighted by molar-refractivity contribution is 5.20. The van der Waals surface area contributed by atoms with E-state index < -0.39 is 0 Å². The number of nitrogens with zero attached hydrogens (tertiary/aromatic N) is 1. The van der Waals surface area contributed by atoms with Crippen molar-refractivity contribution in [3.8, 4) is 5.75 Å². The van der Waals surface area contributed by atoms with Crippen LogP contribution in [0.5, 0.6) is 5.75 Å². The van der Waals surface area contributed by atoms with Crippen molar-refractivity contribution in [2.45, 2.75) is 6.92 Å². The molecule has 0 unspecified atom stereocenters. The van der Waals surface area contributed by atoms with E-state index in [0.29, 0.717) is 5.69 Å². The molecule has 3 heteroatoms. The molecule has 0 atom stereocenters. The highest BCUT2D eigenvalue weighted by Gasteiger charge is 1.94. The van der Waals surface area contributed by atoms with Crippen molar-refractivity contribution in [2.24, 2.45) is 0 Å². The van der Waals surface area contributed by atoms with Crippen LogP contribution in [0.4, 0.5) is 0 Å². The van der Waals surface area contributed by atoms with E-state index in [1.165, 1.54) is 12.3 Å². The summed E-state index contributed by atoms with van der Waals surface area (Å²) in [6.45, 7) is 1.69. The van der Waals surface area contributed by atoms with Gasteiger partial charge in [0.05, 0.1) is 11.9 Å². The number of hydrogen-bond donors (Lipinski definition) is 2. The SMILES string of the molecule is Cc1cc(O)cn1O. The fourth-order valence-electron chi connectivity index (χ4n) is 0.545. The molecule has 0 aliphatic rings. The van der Waals surface area contributed by atoms with Gasteiger partial charge in [-0.15, -0.1) is 0 Å². The topological polar surface area (TPSA) is 45.4 Å². The van der Waals surface area contributed by atoms with E-state index in [4.69, 9.17) is 10.3 Å². The van der Waals surface area contributed by atoms with Gasteiger partial charge in [0.2, 0.25) is 0 Å². The summed E-state index contributed by atoms with van der Waals surface area (Å²) in [6, 6.07) is 1.47. The molecule has 0 aromatic carbocycles. The Bertz CT molecular complexity index is 173. The van der Waals surface area contributed by atoms with Gasteiger partial charge in [0.15, 0.2) is 0 Å². The lowest BCUT2D eigenvalue weighted by atomic mass is 10.5. The number of aryl methyl sites for hydroxylation is 1. The number of rotatable bonds is 0.